The number of hydrogen-bond donors (Lipinski definition) is 0. The topological polar surface area (TPSA) is 6.48 Å². The minimum atomic E-state index is 0.743. The molecule has 0 aromatic heterocycles. The van der Waals surface area contributed by atoms with Crippen LogP contribution in [-0.4, -0.2) is 48.1 Å². The zero-order valence-electron chi connectivity index (χ0n) is 9.00. The third-order valence-electron chi connectivity index (χ3n) is 3.58. The van der Waals surface area contributed by atoms with Crippen LogP contribution in [0.4, 0.5) is 0 Å². The SMILES string of the molecule is CC(C)N1CC[C@@H](N2CCCC2)C1. The lowest BCUT2D eigenvalue weighted by Gasteiger charge is -2.25. The smallest absolute Gasteiger partial charge is 0.0235 e. The van der Waals surface area contributed by atoms with Crippen molar-refractivity contribution < 1.29 is 0 Å². The molecule has 0 amide bonds. The van der Waals surface area contributed by atoms with Gasteiger partial charge in [0.15, 0.2) is 0 Å². The molecule has 0 radical (unpaired) electrons. The van der Waals surface area contributed by atoms with E-state index in [1.165, 1.54) is 45.4 Å². The van der Waals surface area contributed by atoms with Gasteiger partial charge in [0.1, 0.15) is 0 Å². The third-order valence-corrected chi connectivity index (χ3v) is 3.58. The van der Waals surface area contributed by atoms with E-state index in [0.29, 0.717) is 0 Å². The quantitative estimate of drug-likeness (QED) is 0.639. The highest BCUT2D eigenvalue weighted by Gasteiger charge is 2.29. The van der Waals surface area contributed by atoms with Gasteiger partial charge in [0, 0.05) is 25.2 Å². The van der Waals surface area contributed by atoms with Crippen molar-refractivity contribution in [2.75, 3.05) is 26.2 Å². The van der Waals surface area contributed by atoms with E-state index >= 15 is 0 Å². The molecule has 2 aliphatic rings. The van der Waals surface area contributed by atoms with Crippen molar-refractivity contribution in [3.63, 3.8) is 0 Å². The van der Waals surface area contributed by atoms with Crippen LogP contribution < -0.4 is 0 Å². The Kier molecular flexibility index (Phi) is 2.89. The molecule has 0 bridgehead atoms. The number of rotatable bonds is 2. The maximum atomic E-state index is 2.70. The van der Waals surface area contributed by atoms with Gasteiger partial charge >= 0.3 is 0 Å². The summed E-state index contributed by atoms with van der Waals surface area (Å²) in [6.07, 6.45) is 4.26. The first kappa shape index (κ1) is 9.47. The fourth-order valence-corrected chi connectivity index (χ4v) is 2.64. The summed E-state index contributed by atoms with van der Waals surface area (Å²) in [5, 5.41) is 0. The van der Waals surface area contributed by atoms with Crippen LogP contribution >= 0.6 is 0 Å². The van der Waals surface area contributed by atoms with E-state index in [2.05, 4.69) is 23.6 Å². The Morgan fingerprint density at radius 2 is 1.77 bits per heavy atom. The number of nitrogens with zero attached hydrogens (tertiary/aromatic N) is 2. The summed E-state index contributed by atoms with van der Waals surface area (Å²) in [7, 11) is 0. The molecule has 0 saturated carbocycles. The zero-order chi connectivity index (χ0) is 9.26. The van der Waals surface area contributed by atoms with Crippen molar-refractivity contribution in [2.45, 2.75) is 45.2 Å². The lowest BCUT2D eigenvalue weighted by molar-refractivity contribution is 0.214. The van der Waals surface area contributed by atoms with E-state index in [9.17, 15) is 0 Å². The van der Waals surface area contributed by atoms with E-state index in [1.54, 1.807) is 0 Å². The van der Waals surface area contributed by atoms with Gasteiger partial charge in [-0.1, -0.05) is 0 Å². The van der Waals surface area contributed by atoms with Crippen LogP contribution in [0.3, 0.4) is 0 Å². The van der Waals surface area contributed by atoms with Crippen LogP contribution in [0.15, 0.2) is 0 Å². The Morgan fingerprint density at radius 1 is 1.08 bits per heavy atom. The van der Waals surface area contributed by atoms with Crippen molar-refractivity contribution in [2.24, 2.45) is 0 Å². The minimum absolute atomic E-state index is 0.743. The Hall–Kier alpha value is -0.0800. The lowest BCUT2D eigenvalue weighted by atomic mass is 10.2. The molecule has 0 aliphatic carbocycles. The Morgan fingerprint density at radius 3 is 2.31 bits per heavy atom. The molecule has 0 spiro atoms. The molecular formula is C11H22N2. The average Bonchev–Trinajstić information content (AvgIpc) is 2.75. The van der Waals surface area contributed by atoms with Gasteiger partial charge in [-0.3, -0.25) is 9.80 Å². The molecule has 0 N–H and O–H groups in total. The van der Waals surface area contributed by atoms with Gasteiger partial charge in [0.2, 0.25) is 0 Å². The van der Waals surface area contributed by atoms with Crippen molar-refractivity contribution in [3.05, 3.63) is 0 Å². The Balaban J connectivity index is 1.83. The summed E-state index contributed by atoms with van der Waals surface area (Å²) >= 11 is 0. The van der Waals surface area contributed by atoms with Crippen molar-refractivity contribution in [1.82, 2.24) is 9.80 Å². The van der Waals surface area contributed by atoms with E-state index in [-0.39, 0.29) is 0 Å². The molecule has 2 rings (SSSR count). The maximum Gasteiger partial charge on any atom is 0.0235 e. The first-order valence-corrected chi connectivity index (χ1v) is 5.75. The Bertz CT molecular complexity index is 161. The minimum Gasteiger partial charge on any atom is -0.299 e. The lowest BCUT2D eigenvalue weighted by Crippen LogP contribution is -2.37. The van der Waals surface area contributed by atoms with Crippen molar-refractivity contribution in [1.29, 1.82) is 0 Å². The van der Waals surface area contributed by atoms with Crippen LogP contribution in [0.1, 0.15) is 33.1 Å². The van der Waals surface area contributed by atoms with Crippen LogP contribution in [-0.2, 0) is 0 Å². The molecule has 0 aromatic rings. The Labute approximate surface area is 81.9 Å². The highest BCUT2D eigenvalue weighted by molar-refractivity contribution is 4.86. The number of likely N-dealkylation sites (tertiary alicyclic amines) is 2. The van der Waals surface area contributed by atoms with Crippen LogP contribution in [0.25, 0.3) is 0 Å². The van der Waals surface area contributed by atoms with Gasteiger partial charge in [0.05, 0.1) is 0 Å². The van der Waals surface area contributed by atoms with Crippen LogP contribution in [0.5, 0.6) is 0 Å². The van der Waals surface area contributed by atoms with Gasteiger partial charge < -0.3 is 0 Å². The first-order chi connectivity index (χ1) is 6.27. The maximum absolute atomic E-state index is 2.70. The van der Waals surface area contributed by atoms with E-state index in [1.807, 2.05) is 0 Å². The average molecular weight is 182 g/mol. The van der Waals surface area contributed by atoms with Gasteiger partial charge in [-0.25, -0.2) is 0 Å². The van der Waals surface area contributed by atoms with Crippen molar-refractivity contribution >= 4 is 0 Å². The van der Waals surface area contributed by atoms with Crippen LogP contribution in [0.2, 0.25) is 0 Å². The predicted octanol–water partition coefficient (Wildman–Crippen LogP) is 1.56. The second kappa shape index (κ2) is 3.97. The summed E-state index contributed by atoms with van der Waals surface area (Å²) < 4.78 is 0. The number of hydrogen-bond acceptors (Lipinski definition) is 2. The zero-order valence-corrected chi connectivity index (χ0v) is 9.00. The molecule has 76 valence electrons. The van der Waals surface area contributed by atoms with E-state index in [0.717, 1.165) is 12.1 Å². The molecule has 1 atom stereocenters. The molecule has 2 heterocycles. The molecule has 2 heteroatoms. The molecule has 2 saturated heterocycles. The third kappa shape index (κ3) is 2.05. The van der Waals surface area contributed by atoms with Gasteiger partial charge in [-0.2, -0.15) is 0 Å². The molecular weight excluding hydrogens is 160 g/mol. The predicted molar refractivity (Wildman–Crippen MR) is 55.9 cm³/mol. The van der Waals surface area contributed by atoms with Gasteiger partial charge in [-0.15, -0.1) is 0 Å². The largest absolute Gasteiger partial charge is 0.299 e. The second-order valence-electron chi connectivity index (χ2n) is 4.77. The van der Waals surface area contributed by atoms with E-state index < -0.39 is 0 Å². The molecule has 13 heavy (non-hydrogen) atoms. The van der Waals surface area contributed by atoms with Crippen molar-refractivity contribution in [3.8, 4) is 0 Å². The summed E-state index contributed by atoms with van der Waals surface area (Å²) in [5.41, 5.74) is 0. The summed E-state index contributed by atoms with van der Waals surface area (Å²) in [6.45, 7) is 9.97. The fraction of sp³-hybridized carbons (Fsp3) is 1.00. The summed E-state index contributed by atoms with van der Waals surface area (Å²) in [4.78, 5) is 5.31. The highest BCUT2D eigenvalue weighted by Crippen LogP contribution is 2.21. The fourth-order valence-electron chi connectivity index (χ4n) is 2.64. The summed E-state index contributed by atoms with van der Waals surface area (Å²) in [6, 6.07) is 1.62. The highest BCUT2D eigenvalue weighted by atomic mass is 15.3. The van der Waals surface area contributed by atoms with Gasteiger partial charge in [-0.05, 0) is 46.2 Å². The molecule has 2 aliphatic heterocycles. The standard InChI is InChI=1S/C11H22N2/c1-10(2)13-8-5-11(9-13)12-6-3-4-7-12/h10-11H,3-9H2,1-2H3/t11-/m1/s1. The molecule has 2 nitrogen and oxygen atoms in total. The molecule has 0 aromatic carbocycles. The van der Waals surface area contributed by atoms with Gasteiger partial charge in [0.25, 0.3) is 0 Å². The van der Waals surface area contributed by atoms with Crippen LogP contribution in [0, 0.1) is 0 Å². The van der Waals surface area contributed by atoms with E-state index in [4.69, 9.17) is 0 Å². The molecule has 2 fully saturated rings. The first-order valence-electron chi connectivity index (χ1n) is 5.75. The summed E-state index contributed by atoms with van der Waals surface area (Å²) in [5.74, 6) is 0. The molecule has 0 unspecified atom stereocenters. The monoisotopic (exact) mass is 182 g/mol. The second-order valence-corrected chi connectivity index (χ2v) is 4.77. The normalized spacial score (nSPS) is 32.1.